The van der Waals surface area contributed by atoms with Gasteiger partial charge in [-0.15, -0.1) is 0 Å². The fourth-order valence-corrected chi connectivity index (χ4v) is 3.25. The molecule has 0 spiro atoms. The van der Waals surface area contributed by atoms with Crippen molar-refractivity contribution in [2.24, 2.45) is 0 Å². The first-order chi connectivity index (χ1) is 13.0. The van der Waals surface area contributed by atoms with Gasteiger partial charge in [-0.2, -0.15) is 0 Å². The number of nitro groups is 1. The van der Waals surface area contributed by atoms with Crippen molar-refractivity contribution in [3.05, 3.63) is 70.3 Å². The molecule has 2 aromatic carbocycles. The van der Waals surface area contributed by atoms with Crippen LogP contribution >= 0.6 is 0 Å². The van der Waals surface area contributed by atoms with Crippen LogP contribution in [0.5, 0.6) is 0 Å². The third-order valence-electron chi connectivity index (χ3n) is 4.98. The minimum atomic E-state index is -0.391. The Morgan fingerprint density at radius 2 is 1.70 bits per heavy atom. The van der Waals surface area contributed by atoms with Crippen LogP contribution < -0.4 is 10.2 Å². The molecule has 1 amide bonds. The summed E-state index contributed by atoms with van der Waals surface area (Å²) in [5.74, 6) is 0.0302. The van der Waals surface area contributed by atoms with E-state index in [9.17, 15) is 14.9 Å². The van der Waals surface area contributed by atoms with Gasteiger partial charge in [0.15, 0.2) is 0 Å². The summed E-state index contributed by atoms with van der Waals surface area (Å²) < 4.78 is 0. The second-order valence-corrected chi connectivity index (χ2v) is 6.68. The number of nitrogens with one attached hydrogen (secondary N) is 1. The predicted octanol–water partition coefficient (Wildman–Crippen LogP) is 2.42. The van der Waals surface area contributed by atoms with E-state index in [0.29, 0.717) is 6.54 Å². The van der Waals surface area contributed by atoms with Crippen molar-refractivity contribution < 1.29 is 9.72 Å². The van der Waals surface area contributed by atoms with E-state index in [1.165, 1.54) is 12.1 Å². The maximum absolute atomic E-state index is 12.4. The van der Waals surface area contributed by atoms with Crippen LogP contribution in [0.4, 0.5) is 11.4 Å². The van der Waals surface area contributed by atoms with Crippen LogP contribution in [0.25, 0.3) is 0 Å². The molecular formula is C20H24N4O3. The monoisotopic (exact) mass is 368 g/mol. The van der Waals surface area contributed by atoms with Gasteiger partial charge in [0.1, 0.15) is 0 Å². The van der Waals surface area contributed by atoms with Gasteiger partial charge in [0.25, 0.3) is 5.69 Å². The summed E-state index contributed by atoms with van der Waals surface area (Å²) in [6, 6.07) is 16.3. The van der Waals surface area contributed by atoms with Gasteiger partial charge >= 0.3 is 0 Å². The van der Waals surface area contributed by atoms with Crippen LogP contribution in [0.2, 0.25) is 0 Å². The Balaban J connectivity index is 1.49. The lowest BCUT2D eigenvalue weighted by atomic mass is 10.1. The molecular weight excluding hydrogens is 344 g/mol. The van der Waals surface area contributed by atoms with E-state index >= 15 is 0 Å². The summed E-state index contributed by atoms with van der Waals surface area (Å²) >= 11 is 0. The number of carbonyl (C=O) groups excluding carboxylic acids is 1. The van der Waals surface area contributed by atoms with E-state index < -0.39 is 4.92 Å². The normalized spacial score (nSPS) is 16.0. The van der Waals surface area contributed by atoms with Gasteiger partial charge in [-0.05, 0) is 24.6 Å². The third kappa shape index (κ3) is 4.83. The largest absolute Gasteiger partial charge is 0.369 e. The Labute approximate surface area is 158 Å². The summed E-state index contributed by atoms with van der Waals surface area (Å²) in [5, 5.41) is 13.8. The van der Waals surface area contributed by atoms with Crippen LogP contribution in [0.1, 0.15) is 12.5 Å². The fourth-order valence-electron chi connectivity index (χ4n) is 3.25. The Kier molecular flexibility index (Phi) is 6.03. The van der Waals surface area contributed by atoms with Gasteiger partial charge in [-0.1, -0.05) is 30.3 Å². The average Bonchev–Trinajstić information content (AvgIpc) is 2.72. The lowest BCUT2D eigenvalue weighted by molar-refractivity contribution is -0.384. The maximum atomic E-state index is 12.4. The predicted molar refractivity (Wildman–Crippen MR) is 105 cm³/mol. The molecule has 2 aromatic rings. The number of anilines is 1. The minimum Gasteiger partial charge on any atom is -0.369 e. The number of hydrogen-bond acceptors (Lipinski definition) is 5. The van der Waals surface area contributed by atoms with E-state index in [4.69, 9.17) is 0 Å². The van der Waals surface area contributed by atoms with Gasteiger partial charge in [0.05, 0.1) is 11.0 Å². The molecule has 1 fully saturated rings. The number of amides is 1. The topological polar surface area (TPSA) is 78.7 Å². The highest BCUT2D eigenvalue weighted by molar-refractivity contribution is 5.81. The fraction of sp³-hybridized carbons (Fsp3) is 0.350. The van der Waals surface area contributed by atoms with Gasteiger partial charge in [-0.3, -0.25) is 19.8 Å². The van der Waals surface area contributed by atoms with Crippen molar-refractivity contribution in [1.82, 2.24) is 10.2 Å². The molecule has 1 aliphatic heterocycles. The smallest absolute Gasteiger partial charge is 0.269 e. The Morgan fingerprint density at radius 1 is 1.07 bits per heavy atom. The quantitative estimate of drug-likeness (QED) is 0.626. The zero-order valence-corrected chi connectivity index (χ0v) is 15.4. The molecule has 7 heteroatoms. The van der Waals surface area contributed by atoms with Gasteiger partial charge in [-0.25, -0.2) is 0 Å². The highest BCUT2D eigenvalue weighted by atomic mass is 16.6. The second-order valence-electron chi connectivity index (χ2n) is 6.68. The highest BCUT2D eigenvalue weighted by Crippen LogP contribution is 2.21. The first-order valence-electron chi connectivity index (χ1n) is 9.09. The van der Waals surface area contributed by atoms with Crippen LogP contribution in [-0.4, -0.2) is 48.0 Å². The molecule has 3 rings (SSSR count). The summed E-state index contributed by atoms with van der Waals surface area (Å²) in [6.07, 6.45) is 0. The molecule has 0 radical (unpaired) electrons. The van der Waals surface area contributed by atoms with Crippen LogP contribution in [0, 0.1) is 10.1 Å². The number of nitrogens with zero attached hydrogens (tertiary/aromatic N) is 3. The molecule has 0 aliphatic carbocycles. The number of nitro benzene ring substituents is 1. The lowest BCUT2D eigenvalue weighted by Gasteiger charge is -2.38. The van der Waals surface area contributed by atoms with E-state index in [2.05, 4.69) is 15.1 Å². The number of benzene rings is 2. The summed E-state index contributed by atoms with van der Waals surface area (Å²) in [6.45, 7) is 5.59. The molecule has 0 saturated carbocycles. The van der Waals surface area contributed by atoms with Crippen molar-refractivity contribution >= 4 is 17.3 Å². The van der Waals surface area contributed by atoms with E-state index in [1.807, 2.05) is 37.3 Å². The number of piperazine rings is 1. The van der Waals surface area contributed by atoms with Crippen LogP contribution in [0.3, 0.4) is 0 Å². The van der Waals surface area contributed by atoms with E-state index in [0.717, 1.165) is 37.4 Å². The Hall–Kier alpha value is -2.93. The first kappa shape index (κ1) is 18.8. The Morgan fingerprint density at radius 3 is 2.30 bits per heavy atom. The molecule has 1 aliphatic rings. The summed E-state index contributed by atoms with van der Waals surface area (Å²) in [4.78, 5) is 27.2. The second kappa shape index (κ2) is 8.64. The standard InChI is InChI=1S/C20H24N4O3/c1-16(20(25)21-15-17-5-3-2-4-6-17)22-11-13-23(14-12-22)18-7-9-19(10-8-18)24(26)27/h2-10,16H,11-15H2,1H3,(H,21,25). The van der Waals surface area contributed by atoms with Gasteiger partial charge in [0.2, 0.25) is 5.91 Å². The van der Waals surface area contributed by atoms with E-state index in [1.54, 1.807) is 12.1 Å². The molecule has 142 valence electrons. The Bertz CT molecular complexity index is 772. The molecule has 1 heterocycles. The summed E-state index contributed by atoms with van der Waals surface area (Å²) in [7, 11) is 0. The van der Waals surface area contributed by atoms with E-state index in [-0.39, 0.29) is 17.6 Å². The van der Waals surface area contributed by atoms with Crippen molar-refractivity contribution in [1.29, 1.82) is 0 Å². The highest BCUT2D eigenvalue weighted by Gasteiger charge is 2.25. The molecule has 1 N–H and O–H groups in total. The minimum absolute atomic E-state index is 0.0302. The van der Waals surface area contributed by atoms with Crippen molar-refractivity contribution in [2.45, 2.75) is 19.5 Å². The zero-order valence-electron chi connectivity index (χ0n) is 15.4. The number of hydrogen-bond donors (Lipinski definition) is 1. The van der Waals surface area contributed by atoms with Crippen molar-refractivity contribution in [2.75, 3.05) is 31.1 Å². The number of non-ortho nitro benzene ring substituents is 1. The number of carbonyl (C=O) groups is 1. The van der Waals surface area contributed by atoms with Crippen LogP contribution in [-0.2, 0) is 11.3 Å². The first-order valence-corrected chi connectivity index (χ1v) is 9.09. The van der Waals surface area contributed by atoms with Gasteiger partial charge in [0, 0.05) is 50.5 Å². The molecule has 0 bridgehead atoms. The average molecular weight is 368 g/mol. The van der Waals surface area contributed by atoms with Gasteiger partial charge < -0.3 is 10.2 Å². The van der Waals surface area contributed by atoms with Crippen LogP contribution in [0.15, 0.2) is 54.6 Å². The molecule has 0 aromatic heterocycles. The molecule has 1 atom stereocenters. The summed E-state index contributed by atoms with van der Waals surface area (Å²) in [5.41, 5.74) is 2.16. The molecule has 27 heavy (non-hydrogen) atoms. The lowest BCUT2D eigenvalue weighted by Crippen LogP contribution is -2.53. The SMILES string of the molecule is CC(C(=O)NCc1ccccc1)N1CCN(c2ccc([N+](=O)[O-])cc2)CC1. The zero-order chi connectivity index (χ0) is 19.2. The molecule has 7 nitrogen and oxygen atoms in total. The molecule has 1 saturated heterocycles. The van der Waals surface area contributed by atoms with Crippen molar-refractivity contribution in [3.8, 4) is 0 Å². The molecule has 1 unspecified atom stereocenters. The maximum Gasteiger partial charge on any atom is 0.269 e. The number of rotatable bonds is 6. The van der Waals surface area contributed by atoms with Crippen molar-refractivity contribution in [3.63, 3.8) is 0 Å². The third-order valence-corrected chi connectivity index (χ3v) is 4.98.